The fourth-order valence-electron chi connectivity index (χ4n) is 1.16. The number of rotatable bonds is 4. The summed E-state index contributed by atoms with van der Waals surface area (Å²) in [6.45, 7) is 1.49. The Morgan fingerprint density at radius 2 is 2.12 bits per heavy atom. The number of hydrogen-bond donors (Lipinski definition) is 1. The zero-order chi connectivity index (χ0) is 12.0. The van der Waals surface area contributed by atoms with Gasteiger partial charge < -0.3 is 9.84 Å². The number of methoxy groups -OCH3 is 1. The largest absolute Gasteiger partial charge is 0.504 e. The molecule has 1 rings (SSSR count). The molecule has 3 nitrogen and oxygen atoms in total. The minimum Gasteiger partial charge on any atom is -0.504 e. The lowest BCUT2D eigenvalue weighted by Gasteiger charge is -2.03. The zero-order valence-electron chi connectivity index (χ0n) is 9.31. The molecule has 0 saturated heterocycles. The number of allylic oxidation sites excluding steroid dienone is 3. The topological polar surface area (TPSA) is 46.5 Å². The number of phenolic OH excluding ortho intramolecular Hbond substituents is 1. The summed E-state index contributed by atoms with van der Waals surface area (Å²) in [5.41, 5.74) is 0.892. The number of carbonyl (C=O) groups excluding carboxylic acids is 1. The van der Waals surface area contributed by atoms with Gasteiger partial charge in [-0.2, -0.15) is 0 Å². The van der Waals surface area contributed by atoms with Crippen molar-refractivity contribution in [1.29, 1.82) is 0 Å². The number of phenols is 1. The Kier molecular flexibility index (Phi) is 4.33. The Labute approximate surface area is 94.7 Å². The molecule has 0 radical (unpaired) electrons. The molecule has 0 aliphatic heterocycles. The quantitative estimate of drug-likeness (QED) is 0.624. The molecule has 84 valence electrons. The molecular formula is C13H14O3. The molecule has 0 fully saturated rings. The Balaban J connectivity index is 2.78. The minimum absolute atomic E-state index is 0.00735. The first-order valence-corrected chi connectivity index (χ1v) is 4.86. The van der Waals surface area contributed by atoms with Crippen molar-refractivity contribution < 1.29 is 14.6 Å². The van der Waals surface area contributed by atoms with E-state index in [0.717, 1.165) is 5.56 Å². The Hall–Kier alpha value is -2.03. The van der Waals surface area contributed by atoms with Gasteiger partial charge in [0.15, 0.2) is 17.3 Å². The van der Waals surface area contributed by atoms with Gasteiger partial charge in [-0.25, -0.2) is 0 Å². The number of benzene rings is 1. The van der Waals surface area contributed by atoms with Crippen LogP contribution in [-0.4, -0.2) is 18.0 Å². The number of ketones is 1. The summed E-state index contributed by atoms with van der Waals surface area (Å²) < 4.78 is 4.97. The summed E-state index contributed by atoms with van der Waals surface area (Å²) in [6.07, 6.45) is 6.73. The summed E-state index contributed by atoms with van der Waals surface area (Å²) >= 11 is 0. The normalized spacial score (nSPS) is 11.1. The lowest BCUT2D eigenvalue weighted by molar-refractivity contribution is -0.112. The maximum Gasteiger partial charge on any atom is 0.161 e. The van der Waals surface area contributed by atoms with Gasteiger partial charge in [0.1, 0.15) is 0 Å². The van der Waals surface area contributed by atoms with Crippen molar-refractivity contribution in [2.24, 2.45) is 0 Å². The van der Waals surface area contributed by atoms with E-state index in [1.54, 1.807) is 30.4 Å². The highest BCUT2D eigenvalue weighted by Crippen LogP contribution is 2.26. The number of aromatic hydroxyl groups is 1. The molecular weight excluding hydrogens is 204 g/mol. The molecule has 1 N–H and O–H groups in total. The van der Waals surface area contributed by atoms with Crippen LogP contribution in [0, 0.1) is 0 Å². The molecule has 1 aromatic carbocycles. The molecule has 0 unspecified atom stereocenters. The maximum absolute atomic E-state index is 10.6. The average molecular weight is 218 g/mol. The second-order valence-corrected chi connectivity index (χ2v) is 3.26. The lowest BCUT2D eigenvalue weighted by atomic mass is 10.2. The molecule has 0 heterocycles. The lowest BCUT2D eigenvalue weighted by Crippen LogP contribution is -1.84. The van der Waals surface area contributed by atoms with Crippen LogP contribution in [0.25, 0.3) is 6.08 Å². The molecule has 0 saturated carbocycles. The highest BCUT2D eigenvalue weighted by Gasteiger charge is 1.99. The predicted octanol–water partition coefficient (Wildman–Crippen LogP) is 2.56. The summed E-state index contributed by atoms with van der Waals surface area (Å²) in [5, 5.41) is 9.37. The third-order valence-electron chi connectivity index (χ3n) is 1.93. The fourth-order valence-corrected chi connectivity index (χ4v) is 1.16. The van der Waals surface area contributed by atoms with Gasteiger partial charge in [0.2, 0.25) is 0 Å². The van der Waals surface area contributed by atoms with Crippen LogP contribution in [0.2, 0.25) is 0 Å². The van der Waals surface area contributed by atoms with Crippen LogP contribution in [0.4, 0.5) is 0 Å². The second-order valence-electron chi connectivity index (χ2n) is 3.26. The van der Waals surface area contributed by atoms with Gasteiger partial charge in [-0.15, -0.1) is 0 Å². The highest BCUT2D eigenvalue weighted by molar-refractivity contribution is 5.87. The first-order valence-electron chi connectivity index (χ1n) is 4.86. The predicted molar refractivity (Wildman–Crippen MR) is 63.5 cm³/mol. The van der Waals surface area contributed by atoms with E-state index >= 15 is 0 Å². The van der Waals surface area contributed by atoms with E-state index in [1.165, 1.54) is 20.1 Å². The Morgan fingerprint density at radius 3 is 2.75 bits per heavy atom. The van der Waals surface area contributed by atoms with Crippen molar-refractivity contribution in [3.63, 3.8) is 0 Å². The van der Waals surface area contributed by atoms with Gasteiger partial charge in [-0.1, -0.05) is 24.3 Å². The van der Waals surface area contributed by atoms with E-state index in [4.69, 9.17) is 4.74 Å². The van der Waals surface area contributed by atoms with Crippen molar-refractivity contribution >= 4 is 11.9 Å². The van der Waals surface area contributed by atoms with Crippen LogP contribution in [0.15, 0.2) is 36.4 Å². The number of ether oxygens (including phenoxy) is 1. The first kappa shape index (κ1) is 12.0. The molecule has 0 spiro atoms. The Bertz CT molecular complexity index is 431. The van der Waals surface area contributed by atoms with E-state index in [0.29, 0.717) is 5.75 Å². The summed E-state index contributed by atoms with van der Waals surface area (Å²) in [6, 6.07) is 5.04. The van der Waals surface area contributed by atoms with Gasteiger partial charge in [-0.3, -0.25) is 4.79 Å². The van der Waals surface area contributed by atoms with Crippen molar-refractivity contribution in [2.45, 2.75) is 6.92 Å². The highest BCUT2D eigenvalue weighted by atomic mass is 16.5. The molecule has 0 aliphatic carbocycles. The van der Waals surface area contributed by atoms with E-state index in [1.807, 2.05) is 6.08 Å². The molecule has 1 aromatic rings. The van der Waals surface area contributed by atoms with Gasteiger partial charge in [-0.05, 0) is 30.7 Å². The van der Waals surface area contributed by atoms with Gasteiger partial charge in [0, 0.05) is 0 Å². The molecule has 0 bridgehead atoms. The molecule has 0 amide bonds. The SMILES string of the molecule is COc1cc(C=CC=CC(C)=O)ccc1O. The van der Waals surface area contributed by atoms with Crippen LogP contribution in [-0.2, 0) is 4.79 Å². The van der Waals surface area contributed by atoms with Crippen LogP contribution >= 0.6 is 0 Å². The van der Waals surface area contributed by atoms with E-state index in [-0.39, 0.29) is 11.5 Å². The van der Waals surface area contributed by atoms with Crippen molar-refractivity contribution in [1.82, 2.24) is 0 Å². The fraction of sp³-hybridized carbons (Fsp3) is 0.154. The molecule has 0 aliphatic rings. The van der Waals surface area contributed by atoms with Gasteiger partial charge >= 0.3 is 0 Å². The third kappa shape index (κ3) is 3.61. The van der Waals surface area contributed by atoms with Crippen LogP contribution in [0.3, 0.4) is 0 Å². The maximum atomic E-state index is 10.6. The van der Waals surface area contributed by atoms with E-state index in [2.05, 4.69) is 0 Å². The third-order valence-corrected chi connectivity index (χ3v) is 1.93. The number of hydrogen-bond acceptors (Lipinski definition) is 3. The first-order chi connectivity index (χ1) is 7.63. The second kappa shape index (κ2) is 5.75. The van der Waals surface area contributed by atoms with Crippen LogP contribution in [0.1, 0.15) is 12.5 Å². The van der Waals surface area contributed by atoms with Gasteiger partial charge in [0.25, 0.3) is 0 Å². The smallest absolute Gasteiger partial charge is 0.161 e. The van der Waals surface area contributed by atoms with Crippen LogP contribution < -0.4 is 4.74 Å². The standard InChI is InChI=1S/C13H14O3/c1-10(14)5-3-4-6-11-7-8-12(15)13(9-11)16-2/h3-9,15H,1-2H3. The molecule has 16 heavy (non-hydrogen) atoms. The van der Waals surface area contributed by atoms with Crippen molar-refractivity contribution in [2.75, 3.05) is 7.11 Å². The van der Waals surface area contributed by atoms with E-state index < -0.39 is 0 Å². The monoisotopic (exact) mass is 218 g/mol. The summed E-state index contributed by atoms with van der Waals surface area (Å²) in [7, 11) is 1.50. The minimum atomic E-state index is 0.00735. The molecule has 3 heteroatoms. The molecule has 0 aromatic heterocycles. The zero-order valence-corrected chi connectivity index (χ0v) is 9.31. The number of carbonyl (C=O) groups is 1. The van der Waals surface area contributed by atoms with Crippen molar-refractivity contribution in [3.8, 4) is 11.5 Å². The summed E-state index contributed by atoms with van der Waals surface area (Å²) in [4.78, 5) is 10.6. The van der Waals surface area contributed by atoms with Gasteiger partial charge in [0.05, 0.1) is 7.11 Å². The summed E-state index contributed by atoms with van der Waals surface area (Å²) in [5.74, 6) is 0.546. The Morgan fingerprint density at radius 1 is 1.38 bits per heavy atom. The average Bonchev–Trinajstić information content (AvgIpc) is 2.26. The van der Waals surface area contributed by atoms with E-state index in [9.17, 15) is 9.90 Å². The van der Waals surface area contributed by atoms with Crippen molar-refractivity contribution in [3.05, 3.63) is 42.0 Å². The van der Waals surface area contributed by atoms with Crippen LogP contribution in [0.5, 0.6) is 11.5 Å². The molecule has 0 atom stereocenters.